The summed E-state index contributed by atoms with van der Waals surface area (Å²) in [5.74, 6) is -10.3. The number of nitrogens with zero attached hydrogens (tertiary/aromatic N) is 1. The molecular formula is C37H35N3O10. The number of phenolic OH excluding ortho intramolecular Hbond substituents is 1. The third kappa shape index (κ3) is 4.43. The van der Waals surface area contributed by atoms with E-state index in [1.54, 1.807) is 6.92 Å². The first-order valence-corrected chi connectivity index (χ1v) is 16.0. The summed E-state index contributed by atoms with van der Waals surface area (Å²) in [6.45, 7) is 1.61. The molecule has 3 aromatic rings. The molecule has 0 bridgehead atoms. The monoisotopic (exact) mass is 681 g/mol. The number of ether oxygens (including phenoxy) is 1. The summed E-state index contributed by atoms with van der Waals surface area (Å²) in [4.78, 5) is 54.2. The lowest BCUT2D eigenvalue weighted by Gasteiger charge is -2.53. The zero-order chi connectivity index (χ0) is 36.0. The van der Waals surface area contributed by atoms with Gasteiger partial charge in [0.1, 0.15) is 29.4 Å². The maximum Gasteiger partial charge on any atom is 0.411 e. The van der Waals surface area contributed by atoms with Crippen molar-refractivity contribution in [1.29, 1.82) is 0 Å². The zero-order valence-corrected chi connectivity index (χ0v) is 27.2. The van der Waals surface area contributed by atoms with Crippen molar-refractivity contribution in [2.75, 3.05) is 26.0 Å². The molecule has 0 spiro atoms. The number of aromatic hydroxyl groups is 1. The van der Waals surface area contributed by atoms with Gasteiger partial charge < -0.3 is 36.0 Å². The van der Waals surface area contributed by atoms with E-state index in [1.165, 1.54) is 31.1 Å². The molecular weight excluding hydrogens is 646 g/mol. The lowest BCUT2D eigenvalue weighted by Crippen LogP contribution is -2.70. The van der Waals surface area contributed by atoms with Crippen LogP contribution in [0.5, 0.6) is 5.75 Å². The number of aliphatic hydroxyl groups is 4. The Balaban J connectivity index is 1.22. The number of likely N-dealkylation sites (N-methyl/N-ethyl adjacent to an activating group) is 1. The molecule has 0 radical (unpaired) electrons. The molecule has 1 saturated carbocycles. The molecule has 4 aliphatic rings. The predicted octanol–water partition coefficient (Wildman–Crippen LogP) is 2.86. The van der Waals surface area contributed by atoms with E-state index in [9.17, 15) is 44.7 Å². The van der Waals surface area contributed by atoms with Gasteiger partial charge in [0.15, 0.2) is 11.4 Å². The number of nitrogens with two attached hydrogens (primary N) is 1. The molecule has 7 rings (SSSR count). The van der Waals surface area contributed by atoms with Crippen molar-refractivity contribution in [3.8, 4) is 16.9 Å². The van der Waals surface area contributed by atoms with Crippen LogP contribution < -0.4 is 11.1 Å². The predicted molar refractivity (Wildman–Crippen MR) is 179 cm³/mol. The number of rotatable bonds is 5. The number of fused-ring (bicyclic) bond motifs is 6. The maximum absolute atomic E-state index is 14.2. The van der Waals surface area contributed by atoms with E-state index in [1.807, 2.05) is 48.5 Å². The van der Waals surface area contributed by atoms with Crippen molar-refractivity contribution >= 4 is 35.0 Å². The number of ketones is 2. The smallest absolute Gasteiger partial charge is 0.411 e. The topological polar surface area (TPSA) is 220 Å². The van der Waals surface area contributed by atoms with Gasteiger partial charge in [0, 0.05) is 17.4 Å². The van der Waals surface area contributed by atoms with E-state index < -0.39 is 87.5 Å². The first kappa shape index (κ1) is 33.0. The van der Waals surface area contributed by atoms with E-state index in [2.05, 4.69) is 5.32 Å². The highest BCUT2D eigenvalue weighted by atomic mass is 16.5. The van der Waals surface area contributed by atoms with E-state index in [4.69, 9.17) is 10.5 Å². The molecule has 0 aliphatic heterocycles. The second-order valence-corrected chi connectivity index (χ2v) is 13.4. The number of amides is 2. The molecule has 50 heavy (non-hydrogen) atoms. The van der Waals surface area contributed by atoms with Gasteiger partial charge in [0.25, 0.3) is 5.91 Å². The second-order valence-electron chi connectivity index (χ2n) is 13.4. The van der Waals surface area contributed by atoms with Gasteiger partial charge in [-0.25, -0.2) is 4.79 Å². The second kappa shape index (κ2) is 11.5. The fourth-order valence-electron chi connectivity index (χ4n) is 8.46. The van der Waals surface area contributed by atoms with Gasteiger partial charge in [-0.05, 0) is 53.9 Å². The highest BCUT2D eigenvalue weighted by molar-refractivity contribution is 6.24. The van der Waals surface area contributed by atoms with Gasteiger partial charge in [-0.1, -0.05) is 61.5 Å². The highest BCUT2D eigenvalue weighted by Gasteiger charge is 2.68. The number of carbonyl (C=O) groups is 4. The lowest BCUT2D eigenvalue weighted by molar-refractivity contribution is -0.169. The minimum Gasteiger partial charge on any atom is -0.508 e. The first-order valence-electron chi connectivity index (χ1n) is 16.0. The number of carbonyl (C=O) groups excluding carboxylic acids is 4. The normalized spacial score (nSPS) is 27.0. The van der Waals surface area contributed by atoms with Crippen molar-refractivity contribution in [2.45, 2.75) is 36.5 Å². The average molecular weight is 682 g/mol. The van der Waals surface area contributed by atoms with E-state index in [0.29, 0.717) is 5.56 Å². The van der Waals surface area contributed by atoms with Crippen molar-refractivity contribution in [3.05, 3.63) is 99.8 Å². The number of anilines is 1. The van der Waals surface area contributed by atoms with Crippen LogP contribution in [0.15, 0.2) is 77.6 Å². The Bertz CT molecular complexity index is 2040. The summed E-state index contributed by atoms with van der Waals surface area (Å²) >= 11 is 0. The fraction of sp³-hybridized carbons (Fsp3) is 0.297. The molecule has 1 fully saturated rings. The van der Waals surface area contributed by atoms with Crippen LogP contribution >= 0.6 is 0 Å². The summed E-state index contributed by atoms with van der Waals surface area (Å²) in [5, 5.41) is 60.2. The Morgan fingerprint density at radius 1 is 0.940 bits per heavy atom. The van der Waals surface area contributed by atoms with Gasteiger partial charge >= 0.3 is 6.09 Å². The Morgan fingerprint density at radius 2 is 1.54 bits per heavy atom. The van der Waals surface area contributed by atoms with Gasteiger partial charge in [-0.3, -0.25) is 24.6 Å². The van der Waals surface area contributed by atoms with Crippen molar-refractivity contribution in [1.82, 2.24) is 4.90 Å². The molecule has 3 aromatic carbocycles. The number of phenols is 1. The van der Waals surface area contributed by atoms with Gasteiger partial charge in [-0.2, -0.15) is 0 Å². The molecule has 13 heteroatoms. The van der Waals surface area contributed by atoms with Gasteiger partial charge in [-0.15, -0.1) is 0 Å². The summed E-state index contributed by atoms with van der Waals surface area (Å²) in [5.41, 5.74) is 4.79. The van der Waals surface area contributed by atoms with Crippen LogP contribution in [0.2, 0.25) is 0 Å². The lowest BCUT2D eigenvalue weighted by atomic mass is 9.54. The molecule has 13 nitrogen and oxygen atoms in total. The van der Waals surface area contributed by atoms with Crippen molar-refractivity contribution in [3.63, 3.8) is 0 Å². The number of nitrogens with one attached hydrogen (secondary N) is 1. The third-order valence-corrected chi connectivity index (χ3v) is 10.7. The number of hydrogen-bond acceptors (Lipinski definition) is 11. The third-order valence-electron chi connectivity index (χ3n) is 10.7. The quantitative estimate of drug-likeness (QED) is 0.153. The molecule has 2 unspecified atom stereocenters. The van der Waals surface area contributed by atoms with E-state index in [-0.39, 0.29) is 23.8 Å². The Kier molecular flexibility index (Phi) is 7.62. The van der Waals surface area contributed by atoms with Gasteiger partial charge in [0.2, 0.25) is 5.78 Å². The SMILES string of the molecule is C[C@H]1c2ccc(NC(=O)OCC3c4ccccc4-c4ccccc43)c(O)c2C(O)=C2C(=O)[C@]3(O)C(O)=C(C(N)=O)C(=O)[C@@H](N(C)C)C3[C@@H](O)C21. The summed E-state index contributed by atoms with van der Waals surface area (Å²) in [7, 11) is 2.87. The number of benzene rings is 3. The van der Waals surface area contributed by atoms with E-state index in [0.717, 1.165) is 22.3 Å². The molecule has 0 aromatic heterocycles. The van der Waals surface area contributed by atoms with Crippen LogP contribution in [0.1, 0.15) is 41.0 Å². The average Bonchev–Trinajstić information content (AvgIpc) is 3.39. The molecule has 4 aliphatic carbocycles. The van der Waals surface area contributed by atoms with Gasteiger partial charge in [0.05, 0.1) is 29.3 Å². The molecule has 0 heterocycles. The maximum atomic E-state index is 14.2. The van der Waals surface area contributed by atoms with Crippen molar-refractivity contribution < 1.29 is 49.4 Å². The molecule has 0 saturated heterocycles. The molecule has 2 amide bonds. The van der Waals surface area contributed by atoms with Crippen LogP contribution in [-0.2, 0) is 19.1 Å². The molecule has 8 N–H and O–H groups in total. The Morgan fingerprint density at radius 3 is 2.12 bits per heavy atom. The zero-order valence-electron chi connectivity index (χ0n) is 27.2. The van der Waals surface area contributed by atoms with Crippen molar-refractivity contribution in [2.24, 2.45) is 17.6 Å². The number of Topliss-reactive ketones (excluding diaryl/α,β-unsaturated/α-hetero) is 2. The largest absolute Gasteiger partial charge is 0.508 e. The molecule has 258 valence electrons. The van der Waals surface area contributed by atoms with E-state index >= 15 is 0 Å². The van der Waals surface area contributed by atoms with Crippen LogP contribution in [0, 0.1) is 11.8 Å². The summed E-state index contributed by atoms with van der Waals surface area (Å²) in [6.07, 6.45) is -2.61. The number of hydrogen-bond donors (Lipinski definition) is 7. The van der Waals surface area contributed by atoms with Crippen LogP contribution in [-0.4, -0.2) is 92.4 Å². The number of primary amides is 1. The Hall–Kier alpha value is -5.50. The van der Waals surface area contributed by atoms with Crippen LogP contribution in [0.25, 0.3) is 16.9 Å². The van der Waals surface area contributed by atoms with Crippen LogP contribution in [0.3, 0.4) is 0 Å². The minimum absolute atomic E-state index is 0.00748. The summed E-state index contributed by atoms with van der Waals surface area (Å²) in [6, 6.07) is 17.1. The first-order chi connectivity index (χ1) is 23.7. The summed E-state index contributed by atoms with van der Waals surface area (Å²) < 4.78 is 5.60. The minimum atomic E-state index is -3.03. The highest BCUT2D eigenvalue weighted by Crippen LogP contribution is 2.56. The van der Waals surface area contributed by atoms with Crippen LogP contribution in [0.4, 0.5) is 10.5 Å². The standard InChI is InChI=1S/C37H35N3O10/c1-15-16-12-13-22(39-36(48)50-14-21-19-10-6-4-8-17(19)18-9-5-7-11-20(18)21)29(41)24(16)30(42)25-23(15)31(43)27-28(40(2)3)32(44)26(35(38)47)34(46)37(27,49)33(25)45/h4-13,15,21,23,27-28,31,41-43,46,49H,14H2,1-3H3,(H2,38,47)(H,39,48)/t15-,23?,27?,28-,31-,37-/m0/s1. The fourth-order valence-corrected chi connectivity index (χ4v) is 8.46. The Labute approximate surface area is 285 Å². The number of aliphatic hydroxyl groups excluding tert-OH is 3. The molecule has 6 atom stereocenters.